The zero-order valence-corrected chi connectivity index (χ0v) is 13.1. The van der Waals surface area contributed by atoms with Crippen molar-refractivity contribution in [3.8, 4) is 0 Å². The molecular weight excluding hydrogens is 351 g/mol. The van der Waals surface area contributed by atoms with Crippen LogP contribution in [0.3, 0.4) is 0 Å². The number of carbonyl (C=O) groups is 1. The fourth-order valence-corrected chi connectivity index (χ4v) is 1.98. The Morgan fingerprint density at radius 2 is 1.88 bits per heavy atom. The monoisotopic (exact) mass is 363 g/mol. The van der Waals surface area contributed by atoms with Crippen LogP contribution in [0.4, 0.5) is 18.9 Å². The summed E-state index contributed by atoms with van der Waals surface area (Å²) in [5.74, 6) is -0.813. The molecule has 0 atom stereocenters. The smallest absolute Gasteiger partial charge is 0.267 e. The number of para-hydroxylation sites is 1. The van der Waals surface area contributed by atoms with Crippen LogP contribution in [0.1, 0.15) is 21.5 Å². The molecule has 0 radical (unpaired) electrons. The SMILES string of the molecule is O=C(N/N=C\C=C\c1ccccc1[N+](=O)[O-])c1cccc(C(F)(F)F)c1. The summed E-state index contributed by atoms with van der Waals surface area (Å²) < 4.78 is 37.8. The molecule has 134 valence electrons. The minimum atomic E-state index is -4.55. The lowest BCUT2D eigenvalue weighted by atomic mass is 10.1. The Labute approximate surface area is 145 Å². The molecule has 0 aliphatic rings. The van der Waals surface area contributed by atoms with E-state index in [1.54, 1.807) is 6.07 Å². The van der Waals surface area contributed by atoms with Gasteiger partial charge in [-0.3, -0.25) is 14.9 Å². The van der Waals surface area contributed by atoms with Gasteiger partial charge in [0.2, 0.25) is 0 Å². The van der Waals surface area contributed by atoms with Gasteiger partial charge in [0.15, 0.2) is 0 Å². The summed E-state index contributed by atoms with van der Waals surface area (Å²) in [4.78, 5) is 22.1. The van der Waals surface area contributed by atoms with E-state index in [2.05, 4.69) is 10.5 Å². The average Bonchev–Trinajstić information content (AvgIpc) is 2.61. The fourth-order valence-electron chi connectivity index (χ4n) is 1.98. The third-order valence-corrected chi connectivity index (χ3v) is 3.19. The molecule has 2 aromatic carbocycles. The predicted molar refractivity (Wildman–Crippen MR) is 89.5 cm³/mol. The molecule has 0 heterocycles. The Hall–Kier alpha value is -3.49. The summed E-state index contributed by atoms with van der Waals surface area (Å²) in [6.07, 6.45) is -0.623. The van der Waals surface area contributed by atoms with E-state index < -0.39 is 22.6 Å². The third kappa shape index (κ3) is 5.00. The molecule has 9 heteroatoms. The second kappa shape index (κ2) is 8.06. The largest absolute Gasteiger partial charge is 0.416 e. The summed E-state index contributed by atoms with van der Waals surface area (Å²) in [6.45, 7) is 0. The second-order valence-corrected chi connectivity index (χ2v) is 4.97. The Morgan fingerprint density at radius 3 is 2.58 bits per heavy atom. The molecule has 0 saturated heterocycles. The van der Waals surface area contributed by atoms with Crippen molar-refractivity contribution >= 4 is 23.9 Å². The molecule has 1 amide bonds. The Morgan fingerprint density at radius 1 is 1.15 bits per heavy atom. The van der Waals surface area contributed by atoms with Gasteiger partial charge in [0, 0.05) is 17.8 Å². The first-order chi connectivity index (χ1) is 12.3. The molecule has 2 aromatic rings. The van der Waals surface area contributed by atoms with Crippen molar-refractivity contribution < 1.29 is 22.9 Å². The van der Waals surface area contributed by atoms with Crippen LogP contribution in [-0.2, 0) is 6.18 Å². The minimum Gasteiger partial charge on any atom is -0.267 e. The van der Waals surface area contributed by atoms with Crippen LogP contribution in [0.5, 0.6) is 0 Å². The van der Waals surface area contributed by atoms with E-state index in [0.717, 1.165) is 18.3 Å². The van der Waals surface area contributed by atoms with Crippen molar-refractivity contribution in [3.63, 3.8) is 0 Å². The molecule has 6 nitrogen and oxygen atoms in total. The number of benzene rings is 2. The molecule has 0 unspecified atom stereocenters. The van der Waals surface area contributed by atoms with Crippen molar-refractivity contribution in [3.05, 3.63) is 81.4 Å². The zero-order chi connectivity index (χ0) is 19.2. The number of hydrazone groups is 1. The molecule has 0 aliphatic heterocycles. The zero-order valence-electron chi connectivity index (χ0n) is 13.1. The molecule has 1 N–H and O–H groups in total. The van der Waals surface area contributed by atoms with Crippen LogP contribution in [0.25, 0.3) is 6.08 Å². The maximum absolute atomic E-state index is 12.6. The van der Waals surface area contributed by atoms with E-state index in [1.807, 2.05) is 0 Å². The number of nitro benzene ring substituents is 1. The first-order valence-electron chi connectivity index (χ1n) is 7.20. The van der Waals surface area contributed by atoms with Gasteiger partial charge in [-0.15, -0.1) is 0 Å². The van der Waals surface area contributed by atoms with Crippen molar-refractivity contribution in [2.24, 2.45) is 5.10 Å². The van der Waals surface area contributed by atoms with E-state index in [4.69, 9.17) is 0 Å². The van der Waals surface area contributed by atoms with Crippen molar-refractivity contribution in [2.75, 3.05) is 0 Å². The number of rotatable bonds is 5. The summed E-state index contributed by atoms with van der Waals surface area (Å²) >= 11 is 0. The summed E-state index contributed by atoms with van der Waals surface area (Å²) in [7, 11) is 0. The van der Waals surface area contributed by atoms with Gasteiger partial charge >= 0.3 is 6.18 Å². The number of hydrogen-bond acceptors (Lipinski definition) is 4. The predicted octanol–water partition coefficient (Wildman–Crippen LogP) is 4.04. The van der Waals surface area contributed by atoms with E-state index in [1.165, 1.54) is 36.4 Å². The number of nitrogens with one attached hydrogen (secondary N) is 1. The Balaban J connectivity index is 2.01. The van der Waals surface area contributed by atoms with Gasteiger partial charge in [-0.1, -0.05) is 18.2 Å². The van der Waals surface area contributed by atoms with Crippen molar-refractivity contribution in [2.45, 2.75) is 6.18 Å². The maximum Gasteiger partial charge on any atom is 0.416 e. The van der Waals surface area contributed by atoms with Crippen LogP contribution in [0.2, 0.25) is 0 Å². The highest BCUT2D eigenvalue weighted by Gasteiger charge is 2.30. The first-order valence-corrected chi connectivity index (χ1v) is 7.20. The highest BCUT2D eigenvalue weighted by molar-refractivity contribution is 5.95. The van der Waals surface area contributed by atoms with E-state index in [-0.39, 0.29) is 11.3 Å². The summed E-state index contributed by atoms with van der Waals surface area (Å²) in [5.41, 5.74) is 1.19. The van der Waals surface area contributed by atoms with Gasteiger partial charge in [0.1, 0.15) is 0 Å². The molecule has 0 spiro atoms. The number of alkyl halides is 3. The van der Waals surface area contributed by atoms with Crippen LogP contribution < -0.4 is 5.43 Å². The van der Waals surface area contributed by atoms with Crippen molar-refractivity contribution in [1.82, 2.24) is 5.43 Å². The molecule has 26 heavy (non-hydrogen) atoms. The van der Waals surface area contributed by atoms with Crippen LogP contribution in [0, 0.1) is 10.1 Å². The molecule has 0 aliphatic carbocycles. The van der Waals surface area contributed by atoms with Crippen molar-refractivity contribution in [1.29, 1.82) is 0 Å². The van der Waals surface area contributed by atoms with Gasteiger partial charge in [0.05, 0.1) is 16.1 Å². The normalized spacial score (nSPS) is 11.8. The van der Waals surface area contributed by atoms with E-state index >= 15 is 0 Å². The Bertz CT molecular complexity index is 877. The van der Waals surface area contributed by atoms with Crippen LogP contribution in [0.15, 0.2) is 59.7 Å². The number of nitrogens with zero attached hydrogens (tertiary/aromatic N) is 2. The number of nitro groups is 1. The summed E-state index contributed by atoms with van der Waals surface area (Å²) in [6, 6.07) is 9.94. The fraction of sp³-hybridized carbons (Fsp3) is 0.0588. The van der Waals surface area contributed by atoms with Gasteiger partial charge < -0.3 is 0 Å². The lowest BCUT2D eigenvalue weighted by Crippen LogP contribution is -2.18. The standard InChI is InChI=1S/C17H12F3N3O3/c18-17(19,20)14-8-3-6-13(11-14)16(24)22-21-10-4-7-12-5-1-2-9-15(12)23(25)26/h1-11H,(H,22,24)/b7-4+,21-10-. The number of allylic oxidation sites excluding steroid dienone is 1. The molecule has 0 bridgehead atoms. The van der Waals surface area contributed by atoms with Gasteiger partial charge in [-0.25, -0.2) is 5.43 Å². The summed E-state index contributed by atoms with van der Waals surface area (Å²) in [5, 5.41) is 14.4. The average molecular weight is 363 g/mol. The maximum atomic E-state index is 12.6. The lowest BCUT2D eigenvalue weighted by molar-refractivity contribution is -0.385. The molecule has 0 aromatic heterocycles. The highest BCUT2D eigenvalue weighted by Crippen LogP contribution is 2.29. The van der Waals surface area contributed by atoms with Gasteiger partial charge in [0.25, 0.3) is 11.6 Å². The highest BCUT2D eigenvalue weighted by atomic mass is 19.4. The minimum absolute atomic E-state index is 0.0925. The number of carbonyl (C=O) groups excluding carboxylic acids is 1. The molecule has 0 saturated carbocycles. The second-order valence-electron chi connectivity index (χ2n) is 4.97. The topological polar surface area (TPSA) is 84.6 Å². The van der Waals surface area contributed by atoms with Gasteiger partial charge in [-0.2, -0.15) is 18.3 Å². The quantitative estimate of drug-likeness (QED) is 0.494. The molecule has 0 fully saturated rings. The number of hydrogen-bond donors (Lipinski definition) is 1. The van der Waals surface area contributed by atoms with E-state index in [0.29, 0.717) is 11.6 Å². The van der Waals surface area contributed by atoms with E-state index in [9.17, 15) is 28.1 Å². The first kappa shape index (κ1) is 18.8. The number of amides is 1. The van der Waals surface area contributed by atoms with Crippen LogP contribution >= 0.6 is 0 Å². The van der Waals surface area contributed by atoms with Gasteiger partial charge in [-0.05, 0) is 36.4 Å². The third-order valence-electron chi connectivity index (χ3n) is 3.19. The molecular formula is C17H12F3N3O3. The lowest BCUT2D eigenvalue weighted by Gasteiger charge is -2.07. The van der Waals surface area contributed by atoms with Crippen LogP contribution in [-0.4, -0.2) is 17.0 Å². The molecule has 2 rings (SSSR count). The Kier molecular flexibility index (Phi) is 5.84. The number of halogens is 3.